The van der Waals surface area contributed by atoms with Crippen LogP contribution in [0.1, 0.15) is 110 Å². The molecule has 0 aliphatic heterocycles. The predicted molar refractivity (Wildman–Crippen MR) is 163 cm³/mol. The van der Waals surface area contributed by atoms with Crippen molar-refractivity contribution in [3.8, 4) is 0 Å². The summed E-state index contributed by atoms with van der Waals surface area (Å²) in [5.74, 6) is -0.181. The maximum atomic E-state index is 12.4. The normalized spacial score (nSPS) is 12.2. The number of carbonyl (C=O) groups is 1. The number of rotatable bonds is 19. The summed E-state index contributed by atoms with van der Waals surface area (Å²) in [5.41, 5.74) is 0.687. The molecular weight excluding hydrogens is 556 g/mol. The van der Waals surface area contributed by atoms with Crippen molar-refractivity contribution < 1.29 is 4.79 Å². The van der Waals surface area contributed by atoms with Crippen molar-refractivity contribution in [1.29, 1.82) is 0 Å². The van der Waals surface area contributed by atoms with E-state index < -0.39 is 9.96 Å². The Hall–Kier alpha value is -0.460. The van der Waals surface area contributed by atoms with Crippen LogP contribution in [0.2, 0.25) is 5.02 Å². The lowest BCUT2D eigenvalue weighted by Crippen LogP contribution is -2.56. The van der Waals surface area contributed by atoms with Gasteiger partial charge in [-0.25, -0.2) is 0 Å². The first-order chi connectivity index (χ1) is 17.2. The number of alkyl halides is 3. The third-order valence-electron chi connectivity index (χ3n) is 6.00. The van der Waals surface area contributed by atoms with Gasteiger partial charge in [0.2, 0.25) is 9.70 Å². The molecule has 0 aliphatic rings. The second-order valence-corrected chi connectivity index (χ2v) is 12.6. The second-order valence-electron chi connectivity index (χ2n) is 9.35. The van der Waals surface area contributed by atoms with Gasteiger partial charge in [-0.1, -0.05) is 149 Å². The second kappa shape index (κ2) is 20.5. The zero-order chi connectivity index (χ0) is 26.7. The highest BCUT2D eigenvalue weighted by atomic mass is 35.6. The van der Waals surface area contributed by atoms with Gasteiger partial charge in [0.25, 0.3) is 0 Å². The van der Waals surface area contributed by atoms with E-state index in [1.165, 1.54) is 77.0 Å². The molecule has 0 bridgehead atoms. The summed E-state index contributed by atoms with van der Waals surface area (Å²) < 4.78 is -1.77. The highest BCUT2D eigenvalue weighted by molar-refractivity contribution is 7.80. The maximum Gasteiger partial charge on any atom is 0.228 e. The number of carbonyl (C=O) groups excluding carboxylic acids is 1. The smallest absolute Gasteiger partial charge is 0.228 e. The van der Waals surface area contributed by atoms with E-state index in [1.807, 2.05) is 0 Å². The van der Waals surface area contributed by atoms with Gasteiger partial charge in [-0.05, 0) is 36.8 Å². The summed E-state index contributed by atoms with van der Waals surface area (Å²) in [6.45, 7) is 2.26. The van der Waals surface area contributed by atoms with Crippen molar-refractivity contribution in [3.63, 3.8) is 0 Å². The van der Waals surface area contributed by atoms with E-state index in [4.69, 9.17) is 58.6 Å². The molecule has 206 valence electrons. The third kappa shape index (κ3) is 17.9. The fourth-order valence-corrected chi connectivity index (χ4v) is 4.71. The molecule has 0 radical (unpaired) electrons. The van der Waals surface area contributed by atoms with Gasteiger partial charge in [-0.3, -0.25) is 4.79 Å². The summed E-state index contributed by atoms with van der Waals surface area (Å²) in [4.78, 5) is 12.4. The molecule has 3 N–H and O–H groups in total. The molecule has 0 aromatic heterocycles. The first-order valence-corrected chi connectivity index (χ1v) is 15.3. The fraction of sp³-hybridized carbons (Fsp3) is 0.704. The van der Waals surface area contributed by atoms with E-state index in [0.29, 0.717) is 17.1 Å². The number of hydrogen-bond acceptors (Lipinski definition) is 2. The number of amides is 1. The number of halogens is 4. The van der Waals surface area contributed by atoms with Crippen LogP contribution in [0.3, 0.4) is 0 Å². The van der Waals surface area contributed by atoms with Crippen LogP contribution >= 0.6 is 58.6 Å². The Morgan fingerprint density at radius 1 is 0.833 bits per heavy atom. The van der Waals surface area contributed by atoms with Gasteiger partial charge < -0.3 is 16.0 Å². The average molecular weight is 600 g/mol. The largest absolute Gasteiger partial charge is 0.339 e. The van der Waals surface area contributed by atoms with Crippen LogP contribution in [0.4, 0.5) is 5.69 Å². The zero-order valence-corrected chi connectivity index (χ0v) is 25.4. The van der Waals surface area contributed by atoms with Crippen LogP contribution in [0.15, 0.2) is 24.3 Å². The molecular formula is C27H43Cl4N3OS. The molecule has 0 unspecified atom stereocenters. The zero-order valence-electron chi connectivity index (χ0n) is 21.5. The van der Waals surface area contributed by atoms with Gasteiger partial charge in [0.05, 0.1) is 0 Å². The van der Waals surface area contributed by atoms with Crippen LogP contribution in [0, 0.1) is 0 Å². The summed E-state index contributed by atoms with van der Waals surface area (Å²) in [6.07, 6.45) is 18.6. The van der Waals surface area contributed by atoms with Crippen LogP contribution < -0.4 is 16.0 Å². The van der Waals surface area contributed by atoms with Gasteiger partial charge in [0, 0.05) is 17.1 Å². The lowest BCUT2D eigenvalue weighted by Gasteiger charge is -2.27. The molecule has 0 aliphatic carbocycles. The molecule has 1 amide bonds. The number of thiocarbonyl (C=S) groups is 1. The van der Waals surface area contributed by atoms with E-state index in [9.17, 15) is 4.79 Å². The van der Waals surface area contributed by atoms with Crippen molar-refractivity contribution in [3.05, 3.63) is 29.3 Å². The Morgan fingerprint density at radius 2 is 1.33 bits per heavy atom. The Labute approximate surface area is 243 Å². The number of benzene rings is 1. The molecule has 1 aromatic carbocycles. The van der Waals surface area contributed by atoms with Gasteiger partial charge in [0.1, 0.15) is 6.17 Å². The van der Waals surface area contributed by atoms with E-state index in [1.54, 1.807) is 24.3 Å². The van der Waals surface area contributed by atoms with Gasteiger partial charge in [0.15, 0.2) is 5.11 Å². The monoisotopic (exact) mass is 597 g/mol. The van der Waals surface area contributed by atoms with E-state index in [2.05, 4.69) is 22.9 Å². The van der Waals surface area contributed by atoms with Crippen LogP contribution in [0.25, 0.3) is 0 Å². The highest BCUT2D eigenvalue weighted by Gasteiger charge is 2.34. The SMILES string of the molecule is CCCCCCCCCCCCCCCCCC(=O)N[C@H](NC(=S)Nc1cccc(Cl)c1)C(Cl)(Cl)Cl. The summed E-state index contributed by atoms with van der Waals surface area (Å²) in [7, 11) is 0. The van der Waals surface area contributed by atoms with Gasteiger partial charge in [-0.2, -0.15) is 0 Å². The van der Waals surface area contributed by atoms with Crippen molar-refractivity contribution in [1.82, 2.24) is 10.6 Å². The Bertz CT molecular complexity index is 746. The topological polar surface area (TPSA) is 53.2 Å². The maximum absolute atomic E-state index is 12.4. The fourth-order valence-electron chi connectivity index (χ4n) is 3.95. The molecule has 0 saturated heterocycles. The van der Waals surface area contributed by atoms with Crippen LogP contribution in [-0.2, 0) is 4.79 Å². The molecule has 4 nitrogen and oxygen atoms in total. The predicted octanol–water partition coefficient (Wildman–Crippen LogP) is 9.70. The summed E-state index contributed by atoms with van der Waals surface area (Å²) in [6, 6.07) is 7.07. The molecule has 0 heterocycles. The number of anilines is 1. The minimum atomic E-state index is -1.77. The van der Waals surface area contributed by atoms with Crippen molar-refractivity contribution >= 4 is 75.3 Å². The van der Waals surface area contributed by atoms with Gasteiger partial charge in [-0.15, -0.1) is 0 Å². The van der Waals surface area contributed by atoms with Gasteiger partial charge >= 0.3 is 0 Å². The third-order valence-corrected chi connectivity index (χ3v) is 7.11. The Balaban J connectivity index is 2.12. The molecule has 1 aromatic rings. The minimum Gasteiger partial charge on any atom is -0.339 e. The van der Waals surface area contributed by atoms with Crippen molar-refractivity contribution in [2.24, 2.45) is 0 Å². The molecule has 0 spiro atoms. The highest BCUT2D eigenvalue weighted by Crippen LogP contribution is 2.29. The lowest BCUT2D eigenvalue weighted by atomic mass is 10.0. The van der Waals surface area contributed by atoms with Crippen molar-refractivity contribution in [2.45, 2.75) is 120 Å². The van der Waals surface area contributed by atoms with E-state index >= 15 is 0 Å². The van der Waals surface area contributed by atoms with Crippen molar-refractivity contribution in [2.75, 3.05) is 5.32 Å². The summed E-state index contributed by atoms with van der Waals surface area (Å²) in [5, 5.41) is 9.34. The molecule has 1 rings (SSSR count). The van der Waals surface area contributed by atoms with Crippen LogP contribution in [-0.4, -0.2) is 21.0 Å². The molecule has 0 saturated carbocycles. The Morgan fingerprint density at radius 3 is 1.81 bits per heavy atom. The molecule has 36 heavy (non-hydrogen) atoms. The molecule has 1 atom stereocenters. The first-order valence-electron chi connectivity index (χ1n) is 13.4. The van der Waals surface area contributed by atoms with Crippen LogP contribution in [0.5, 0.6) is 0 Å². The Kier molecular flexibility index (Phi) is 19.1. The summed E-state index contributed by atoms with van der Waals surface area (Å²) >= 11 is 29.5. The quantitative estimate of drug-likeness (QED) is 0.0642. The van der Waals surface area contributed by atoms with E-state index in [-0.39, 0.29) is 11.0 Å². The van der Waals surface area contributed by atoms with E-state index in [0.717, 1.165) is 19.3 Å². The number of hydrogen-bond donors (Lipinski definition) is 3. The number of unbranched alkanes of at least 4 members (excludes halogenated alkanes) is 14. The average Bonchev–Trinajstić information content (AvgIpc) is 2.80. The minimum absolute atomic E-state index is 0.181. The standard InChI is InChI=1S/C27H43Cl4N3OS/c1-2-3-4-5-6-7-8-9-10-11-12-13-14-15-16-20-24(35)33-25(27(29,30)31)34-26(36)32-23-19-17-18-22(28)21-23/h17-19,21,25H,2-16,20H2,1H3,(H,33,35)(H2,32,34,36)/t25-/m1/s1. The molecule has 9 heteroatoms. The number of nitrogens with one attached hydrogen (secondary N) is 3. The molecule has 0 fully saturated rings. The lowest BCUT2D eigenvalue weighted by molar-refractivity contribution is -0.122. The first kappa shape index (κ1) is 33.6.